The topological polar surface area (TPSA) is 52.9 Å². The molecule has 1 aromatic carbocycles. The highest BCUT2D eigenvalue weighted by Crippen LogP contribution is 2.21. The summed E-state index contributed by atoms with van der Waals surface area (Å²) in [5, 5.41) is 19.1. The Hall–Kier alpha value is -1.10. The average molecular weight is 293 g/mol. The summed E-state index contributed by atoms with van der Waals surface area (Å²) in [4.78, 5) is 2.33. The molecule has 4 nitrogen and oxygen atoms in total. The van der Waals surface area contributed by atoms with E-state index in [4.69, 9.17) is 9.84 Å². The van der Waals surface area contributed by atoms with Crippen molar-refractivity contribution in [3.63, 3.8) is 0 Å². The molecule has 21 heavy (non-hydrogen) atoms. The van der Waals surface area contributed by atoms with Crippen molar-refractivity contribution < 1.29 is 14.9 Å². The Labute approximate surface area is 127 Å². The van der Waals surface area contributed by atoms with Crippen LogP contribution in [0.3, 0.4) is 0 Å². The van der Waals surface area contributed by atoms with Gasteiger partial charge in [0, 0.05) is 19.2 Å². The quantitative estimate of drug-likeness (QED) is 0.769. The number of benzene rings is 1. The van der Waals surface area contributed by atoms with Crippen molar-refractivity contribution >= 4 is 0 Å². The molecule has 2 atom stereocenters. The molecule has 0 amide bonds. The molecule has 4 heteroatoms. The van der Waals surface area contributed by atoms with Gasteiger partial charge in [0.1, 0.15) is 18.5 Å². The van der Waals surface area contributed by atoms with Crippen molar-refractivity contribution in [3.8, 4) is 5.75 Å². The highest BCUT2D eigenvalue weighted by molar-refractivity contribution is 5.26. The maximum Gasteiger partial charge on any atom is 0.119 e. The number of aryl methyl sites for hydroxylation is 1. The third-order valence-electron chi connectivity index (χ3n) is 4.10. The average Bonchev–Trinajstić information content (AvgIpc) is 2.91. The zero-order chi connectivity index (χ0) is 15.1. The van der Waals surface area contributed by atoms with Crippen LogP contribution >= 0.6 is 0 Å². The predicted octanol–water partition coefficient (Wildman–Crippen LogP) is 1.97. The summed E-state index contributed by atoms with van der Waals surface area (Å²) >= 11 is 0. The third-order valence-corrected chi connectivity index (χ3v) is 4.10. The van der Waals surface area contributed by atoms with Gasteiger partial charge in [-0.2, -0.15) is 0 Å². The van der Waals surface area contributed by atoms with E-state index in [1.807, 2.05) is 31.2 Å². The molecule has 1 heterocycles. The molecule has 0 bridgehead atoms. The standard InChI is InChI=1S/C17H27NO3/c1-14-6-8-17(9-7-14)21-13-16(20)12-18-10-2-4-15(18)5-3-11-19/h6-9,15-16,19-20H,2-5,10-13H2,1H3. The predicted molar refractivity (Wildman–Crippen MR) is 83.6 cm³/mol. The lowest BCUT2D eigenvalue weighted by Crippen LogP contribution is -2.38. The van der Waals surface area contributed by atoms with Crippen LogP contribution in [0, 0.1) is 6.92 Å². The molecule has 2 N–H and O–H groups in total. The van der Waals surface area contributed by atoms with Crippen LogP contribution in [0.5, 0.6) is 5.75 Å². The number of likely N-dealkylation sites (tertiary alicyclic amines) is 1. The number of hydrogen-bond acceptors (Lipinski definition) is 4. The first-order valence-electron chi connectivity index (χ1n) is 7.91. The molecular formula is C17H27NO3. The summed E-state index contributed by atoms with van der Waals surface area (Å²) in [5.41, 5.74) is 1.20. The number of rotatable bonds is 8. The number of aliphatic hydroxyl groups is 2. The number of ether oxygens (including phenoxy) is 1. The maximum atomic E-state index is 10.2. The Balaban J connectivity index is 1.73. The second kappa shape index (κ2) is 8.37. The van der Waals surface area contributed by atoms with Crippen LogP contribution in [0.2, 0.25) is 0 Å². The third kappa shape index (κ3) is 5.30. The molecule has 0 saturated carbocycles. The fraction of sp³-hybridized carbons (Fsp3) is 0.647. The summed E-state index contributed by atoms with van der Waals surface area (Å²) in [5.74, 6) is 0.804. The van der Waals surface area contributed by atoms with Crippen molar-refractivity contribution in [2.75, 3.05) is 26.3 Å². The molecule has 118 valence electrons. The number of β-amino-alcohol motifs (C(OH)–C–C–N with tert-alkyl or cyclic N) is 1. The Morgan fingerprint density at radius 1 is 1.33 bits per heavy atom. The van der Waals surface area contributed by atoms with Crippen molar-refractivity contribution in [2.24, 2.45) is 0 Å². The number of aliphatic hydroxyl groups excluding tert-OH is 2. The van der Waals surface area contributed by atoms with Crippen LogP contribution in [0.25, 0.3) is 0 Å². The zero-order valence-corrected chi connectivity index (χ0v) is 12.9. The van der Waals surface area contributed by atoms with E-state index in [0.29, 0.717) is 19.2 Å². The smallest absolute Gasteiger partial charge is 0.119 e. The first kappa shape index (κ1) is 16.3. The van der Waals surface area contributed by atoms with Crippen LogP contribution in [0.4, 0.5) is 0 Å². The van der Waals surface area contributed by atoms with Gasteiger partial charge in [-0.1, -0.05) is 17.7 Å². The largest absolute Gasteiger partial charge is 0.491 e. The summed E-state index contributed by atoms with van der Waals surface area (Å²) in [7, 11) is 0. The summed E-state index contributed by atoms with van der Waals surface area (Å²) in [6.45, 7) is 4.31. The van der Waals surface area contributed by atoms with Crippen molar-refractivity contribution in [1.82, 2.24) is 4.90 Å². The minimum absolute atomic E-state index is 0.253. The van der Waals surface area contributed by atoms with Crippen LogP contribution in [0.15, 0.2) is 24.3 Å². The van der Waals surface area contributed by atoms with Crippen LogP contribution in [-0.2, 0) is 0 Å². The minimum atomic E-state index is -0.471. The first-order valence-corrected chi connectivity index (χ1v) is 7.91. The normalized spacial score (nSPS) is 20.6. The van der Waals surface area contributed by atoms with E-state index in [9.17, 15) is 5.11 Å². The lowest BCUT2D eigenvalue weighted by Gasteiger charge is -2.26. The molecule has 1 aromatic rings. The van der Waals surface area contributed by atoms with Gasteiger partial charge < -0.3 is 14.9 Å². The molecule has 2 unspecified atom stereocenters. The van der Waals surface area contributed by atoms with Crippen molar-refractivity contribution in [2.45, 2.75) is 44.8 Å². The monoisotopic (exact) mass is 293 g/mol. The van der Waals surface area contributed by atoms with E-state index in [1.165, 1.54) is 18.4 Å². The van der Waals surface area contributed by atoms with E-state index in [0.717, 1.165) is 25.1 Å². The molecule has 0 aliphatic carbocycles. The van der Waals surface area contributed by atoms with Crippen molar-refractivity contribution in [1.29, 1.82) is 0 Å². The lowest BCUT2D eigenvalue weighted by atomic mass is 10.1. The maximum absolute atomic E-state index is 10.2. The summed E-state index contributed by atoms with van der Waals surface area (Å²) in [6, 6.07) is 8.38. The van der Waals surface area contributed by atoms with E-state index in [1.54, 1.807) is 0 Å². The van der Waals surface area contributed by atoms with Crippen LogP contribution in [-0.4, -0.2) is 53.6 Å². The van der Waals surface area contributed by atoms with E-state index in [-0.39, 0.29) is 6.61 Å². The Bertz CT molecular complexity index is 407. The number of hydrogen-bond donors (Lipinski definition) is 2. The molecular weight excluding hydrogens is 266 g/mol. The second-order valence-electron chi connectivity index (χ2n) is 5.93. The molecule has 1 aliphatic rings. The van der Waals surface area contributed by atoms with Gasteiger partial charge in [0.05, 0.1) is 0 Å². The van der Waals surface area contributed by atoms with Gasteiger partial charge in [-0.25, -0.2) is 0 Å². The summed E-state index contributed by atoms with van der Waals surface area (Å²) in [6.07, 6.45) is 3.74. The van der Waals surface area contributed by atoms with Gasteiger partial charge >= 0.3 is 0 Å². The highest BCUT2D eigenvalue weighted by atomic mass is 16.5. The van der Waals surface area contributed by atoms with Gasteiger partial charge in [0.2, 0.25) is 0 Å². The minimum Gasteiger partial charge on any atom is -0.491 e. The molecule has 1 fully saturated rings. The molecule has 1 saturated heterocycles. The Morgan fingerprint density at radius 2 is 2.10 bits per heavy atom. The van der Waals surface area contributed by atoms with Crippen LogP contribution < -0.4 is 4.74 Å². The fourth-order valence-corrected chi connectivity index (χ4v) is 2.94. The van der Waals surface area contributed by atoms with Gasteiger partial charge in [0.15, 0.2) is 0 Å². The summed E-state index contributed by atoms with van der Waals surface area (Å²) < 4.78 is 5.63. The van der Waals surface area contributed by atoms with E-state index in [2.05, 4.69) is 4.90 Å². The second-order valence-corrected chi connectivity index (χ2v) is 5.93. The van der Waals surface area contributed by atoms with Gasteiger partial charge in [-0.15, -0.1) is 0 Å². The van der Waals surface area contributed by atoms with Gasteiger partial charge in [-0.05, 0) is 51.3 Å². The molecule has 0 radical (unpaired) electrons. The molecule has 2 rings (SSSR count). The Kier molecular flexibility index (Phi) is 6.49. The van der Waals surface area contributed by atoms with Crippen molar-refractivity contribution in [3.05, 3.63) is 29.8 Å². The first-order chi connectivity index (χ1) is 10.2. The van der Waals surface area contributed by atoms with E-state index >= 15 is 0 Å². The molecule has 0 aromatic heterocycles. The fourth-order valence-electron chi connectivity index (χ4n) is 2.94. The molecule has 1 aliphatic heterocycles. The number of nitrogens with zero attached hydrogens (tertiary/aromatic N) is 1. The van der Waals surface area contributed by atoms with E-state index < -0.39 is 6.10 Å². The highest BCUT2D eigenvalue weighted by Gasteiger charge is 2.25. The lowest BCUT2D eigenvalue weighted by molar-refractivity contribution is 0.0617. The Morgan fingerprint density at radius 3 is 2.81 bits per heavy atom. The molecule has 0 spiro atoms. The van der Waals surface area contributed by atoms with Crippen LogP contribution in [0.1, 0.15) is 31.2 Å². The zero-order valence-electron chi connectivity index (χ0n) is 12.9. The SMILES string of the molecule is Cc1ccc(OCC(O)CN2CCCC2CCCO)cc1. The van der Waals surface area contributed by atoms with Gasteiger partial charge in [0.25, 0.3) is 0 Å². The van der Waals surface area contributed by atoms with Gasteiger partial charge in [-0.3, -0.25) is 4.90 Å².